The first-order valence-electron chi connectivity index (χ1n) is 6.78. The molecule has 0 unspecified atom stereocenters. The van der Waals surface area contributed by atoms with E-state index in [1.807, 2.05) is 11.8 Å². The molecule has 2 fully saturated rings. The number of allylic oxidation sites excluding steroid dienone is 2. The van der Waals surface area contributed by atoms with Gasteiger partial charge in [0.1, 0.15) is 0 Å². The summed E-state index contributed by atoms with van der Waals surface area (Å²) in [6.45, 7) is 0. The van der Waals surface area contributed by atoms with Crippen LogP contribution in [0.15, 0.2) is 12.2 Å². The molecule has 18 heavy (non-hydrogen) atoms. The van der Waals surface area contributed by atoms with Crippen molar-refractivity contribution in [3.05, 3.63) is 12.2 Å². The number of rotatable bonds is 5. The second kappa shape index (κ2) is 4.84. The van der Waals surface area contributed by atoms with Crippen molar-refractivity contribution in [3.8, 4) is 0 Å². The van der Waals surface area contributed by atoms with E-state index in [-0.39, 0.29) is 5.75 Å². The summed E-state index contributed by atoms with van der Waals surface area (Å²) < 4.78 is 30.0. The minimum atomic E-state index is -3.77. The molecule has 2 saturated carbocycles. The maximum Gasteiger partial charge on any atom is 0.264 e. The zero-order chi connectivity index (χ0) is 12.8. The Labute approximate surface area is 113 Å². The molecule has 1 N–H and O–H groups in total. The zero-order valence-corrected chi connectivity index (χ0v) is 12.0. The molecule has 0 spiro atoms. The van der Waals surface area contributed by atoms with Gasteiger partial charge in [0.05, 0.1) is 5.75 Å². The molecule has 102 valence electrons. The van der Waals surface area contributed by atoms with Crippen LogP contribution in [0.2, 0.25) is 0 Å². The average Bonchev–Trinajstić information content (AvgIpc) is 2.94. The monoisotopic (exact) mass is 288 g/mol. The molecule has 5 heteroatoms. The van der Waals surface area contributed by atoms with Gasteiger partial charge in [-0.2, -0.15) is 20.2 Å². The molecule has 0 aliphatic heterocycles. The van der Waals surface area contributed by atoms with Crippen LogP contribution in [-0.2, 0) is 10.1 Å². The molecule has 3 aliphatic rings. The van der Waals surface area contributed by atoms with Gasteiger partial charge in [-0.25, -0.2) is 0 Å². The molecule has 0 aromatic carbocycles. The highest BCUT2D eigenvalue weighted by Gasteiger charge is 2.52. The van der Waals surface area contributed by atoms with Crippen molar-refractivity contribution in [1.29, 1.82) is 0 Å². The molecule has 0 saturated heterocycles. The molecule has 0 heterocycles. The van der Waals surface area contributed by atoms with Crippen molar-refractivity contribution in [3.63, 3.8) is 0 Å². The summed E-state index contributed by atoms with van der Waals surface area (Å²) in [5.74, 6) is 4.24. The zero-order valence-electron chi connectivity index (χ0n) is 10.4. The maximum atomic E-state index is 10.6. The van der Waals surface area contributed by atoms with Crippen molar-refractivity contribution < 1.29 is 13.0 Å². The van der Waals surface area contributed by atoms with Crippen molar-refractivity contribution >= 4 is 21.9 Å². The molecule has 3 nitrogen and oxygen atoms in total. The highest BCUT2D eigenvalue weighted by Crippen LogP contribution is 2.59. The van der Waals surface area contributed by atoms with E-state index >= 15 is 0 Å². The Kier molecular flexibility index (Phi) is 3.49. The largest absolute Gasteiger partial charge is 0.286 e. The second-order valence-corrected chi connectivity index (χ2v) is 8.77. The molecule has 2 bridgehead atoms. The van der Waals surface area contributed by atoms with E-state index < -0.39 is 10.1 Å². The molecular formula is C13H20O3S2. The summed E-state index contributed by atoms with van der Waals surface area (Å²) in [5.41, 5.74) is 0. The van der Waals surface area contributed by atoms with Crippen LogP contribution >= 0.6 is 11.8 Å². The van der Waals surface area contributed by atoms with Gasteiger partial charge < -0.3 is 0 Å². The van der Waals surface area contributed by atoms with E-state index in [1.165, 1.54) is 19.3 Å². The van der Waals surface area contributed by atoms with E-state index in [0.717, 1.165) is 34.7 Å². The average molecular weight is 288 g/mol. The summed E-state index contributed by atoms with van der Waals surface area (Å²) in [4.78, 5) is 0. The van der Waals surface area contributed by atoms with E-state index in [1.54, 1.807) is 0 Å². The maximum absolute atomic E-state index is 10.6. The van der Waals surface area contributed by atoms with Crippen LogP contribution in [0.5, 0.6) is 0 Å². The van der Waals surface area contributed by atoms with Crippen molar-refractivity contribution in [2.24, 2.45) is 23.7 Å². The van der Waals surface area contributed by atoms with Crippen LogP contribution in [0, 0.1) is 23.7 Å². The predicted octanol–water partition coefficient (Wildman–Crippen LogP) is 2.60. The van der Waals surface area contributed by atoms with Gasteiger partial charge in [-0.15, -0.1) is 0 Å². The van der Waals surface area contributed by atoms with Gasteiger partial charge in [0.25, 0.3) is 10.1 Å². The highest BCUT2D eigenvalue weighted by atomic mass is 32.2. The van der Waals surface area contributed by atoms with E-state index in [0.29, 0.717) is 6.42 Å². The first kappa shape index (κ1) is 13.0. The number of thioether (sulfide) groups is 1. The third-order valence-corrected chi connectivity index (χ3v) is 7.12. The van der Waals surface area contributed by atoms with Crippen LogP contribution in [0.3, 0.4) is 0 Å². The Balaban J connectivity index is 1.46. The predicted molar refractivity (Wildman–Crippen MR) is 74.2 cm³/mol. The second-order valence-electron chi connectivity index (χ2n) is 5.85. The Bertz CT molecular complexity index is 443. The molecule has 0 amide bonds. The Morgan fingerprint density at radius 1 is 1.28 bits per heavy atom. The molecule has 3 aliphatic carbocycles. The van der Waals surface area contributed by atoms with E-state index in [9.17, 15) is 8.42 Å². The quantitative estimate of drug-likeness (QED) is 0.480. The lowest BCUT2D eigenvalue weighted by Crippen LogP contribution is -2.26. The van der Waals surface area contributed by atoms with Gasteiger partial charge in [0.15, 0.2) is 0 Å². The van der Waals surface area contributed by atoms with E-state index in [4.69, 9.17) is 4.55 Å². The lowest BCUT2D eigenvalue weighted by molar-refractivity contribution is 0.292. The number of hydrogen-bond donors (Lipinski definition) is 1. The van der Waals surface area contributed by atoms with Gasteiger partial charge in [0.2, 0.25) is 0 Å². The minimum Gasteiger partial charge on any atom is -0.286 e. The summed E-state index contributed by atoms with van der Waals surface area (Å²) in [7, 11) is -3.77. The Hall–Kier alpha value is -0.000000000000000111. The first-order chi connectivity index (χ1) is 8.54. The SMILES string of the molecule is O=S(=O)(O)CCCS[C@H]1C[C@H]2C[C@@H]1[C@H]1CC=C[C@@H]21. The molecule has 0 aromatic rings. The Morgan fingerprint density at radius 3 is 2.89 bits per heavy atom. The minimum absolute atomic E-state index is 0.0889. The standard InChI is InChI=1S/C13H20O3S2/c14-18(15,16)6-2-5-17-13-8-9-7-12(13)11-4-1-3-10(9)11/h1,3,9-13H,2,4-8H2,(H,14,15,16)/t9-,10+,11+,12-,13+/m1/s1. The van der Waals surface area contributed by atoms with Gasteiger partial charge in [-0.1, -0.05) is 12.2 Å². The number of hydrogen-bond acceptors (Lipinski definition) is 3. The summed E-state index contributed by atoms with van der Waals surface area (Å²) in [6, 6.07) is 0. The molecular weight excluding hydrogens is 268 g/mol. The summed E-state index contributed by atoms with van der Waals surface area (Å²) in [5, 5.41) is 0.734. The van der Waals surface area contributed by atoms with Crippen LogP contribution in [0.1, 0.15) is 25.7 Å². The lowest BCUT2D eigenvalue weighted by atomic mass is 9.81. The molecule has 0 aromatic heterocycles. The van der Waals surface area contributed by atoms with Crippen LogP contribution in [0.4, 0.5) is 0 Å². The fourth-order valence-corrected chi connectivity index (χ4v) is 6.41. The highest BCUT2D eigenvalue weighted by molar-refractivity contribution is 7.99. The third kappa shape index (κ3) is 2.49. The topological polar surface area (TPSA) is 54.4 Å². The van der Waals surface area contributed by atoms with Gasteiger partial charge >= 0.3 is 0 Å². The van der Waals surface area contributed by atoms with E-state index in [2.05, 4.69) is 12.2 Å². The van der Waals surface area contributed by atoms with Crippen LogP contribution < -0.4 is 0 Å². The molecule has 0 radical (unpaired) electrons. The molecule has 3 rings (SSSR count). The normalized spacial score (nSPS) is 41.5. The van der Waals surface area contributed by atoms with Crippen LogP contribution in [-0.4, -0.2) is 29.7 Å². The smallest absolute Gasteiger partial charge is 0.264 e. The third-order valence-electron chi connectivity index (χ3n) is 4.82. The van der Waals surface area contributed by atoms with Gasteiger partial charge in [0, 0.05) is 5.25 Å². The van der Waals surface area contributed by atoms with Gasteiger partial charge in [-0.05, 0) is 55.1 Å². The van der Waals surface area contributed by atoms with Crippen molar-refractivity contribution in [2.75, 3.05) is 11.5 Å². The fraction of sp³-hybridized carbons (Fsp3) is 0.846. The summed E-state index contributed by atoms with van der Waals surface area (Å²) >= 11 is 1.93. The van der Waals surface area contributed by atoms with Crippen molar-refractivity contribution in [1.82, 2.24) is 0 Å². The molecule has 5 atom stereocenters. The van der Waals surface area contributed by atoms with Gasteiger partial charge in [-0.3, -0.25) is 4.55 Å². The first-order valence-corrected chi connectivity index (χ1v) is 9.44. The Morgan fingerprint density at radius 2 is 2.11 bits per heavy atom. The fourth-order valence-electron chi connectivity index (χ4n) is 4.16. The van der Waals surface area contributed by atoms with Crippen LogP contribution in [0.25, 0.3) is 0 Å². The number of fused-ring (bicyclic) bond motifs is 5. The lowest BCUT2D eigenvalue weighted by Gasteiger charge is -2.31. The van der Waals surface area contributed by atoms with Crippen molar-refractivity contribution in [2.45, 2.75) is 30.9 Å². The summed E-state index contributed by atoms with van der Waals surface area (Å²) in [6.07, 6.45) is 9.30.